The molecule has 0 radical (unpaired) electrons. The molecule has 1 rings (SSSR count). The van der Waals surface area contributed by atoms with Crippen LogP contribution in [0.25, 0.3) is 0 Å². The molecule has 0 amide bonds. The van der Waals surface area contributed by atoms with Crippen molar-refractivity contribution in [2.75, 3.05) is 0 Å². The summed E-state index contributed by atoms with van der Waals surface area (Å²) in [5.41, 5.74) is 3.61. The van der Waals surface area contributed by atoms with Crippen molar-refractivity contribution in [3.05, 3.63) is 23.0 Å². The number of nitrogens with zero attached hydrogens (tertiary/aromatic N) is 2. The summed E-state index contributed by atoms with van der Waals surface area (Å²) in [6, 6.07) is 2.17. The third-order valence-corrected chi connectivity index (χ3v) is 2.09. The Balaban J connectivity index is 2.89. The number of rotatable bonds is 4. The summed E-state index contributed by atoms with van der Waals surface area (Å²) in [5.74, 6) is 0. The first-order valence-corrected chi connectivity index (χ1v) is 5.10. The highest BCUT2D eigenvalue weighted by Crippen LogP contribution is 2.10. The van der Waals surface area contributed by atoms with Crippen LogP contribution in [0.15, 0.2) is 6.07 Å². The number of aromatic nitrogens is 2. The molecule has 1 aromatic rings. The summed E-state index contributed by atoms with van der Waals surface area (Å²) in [4.78, 5) is 0. The molecular formula is C11H18N2. The van der Waals surface area contributed by atoms with Gasteiger partial charge in [0, 0.05) is 0 Å². The Bertz CT molecular complexity index is 269. The van der Waals surface area contributed by atoms with Gasteiger partial charge in [0.1, 0.15) is 0 Å². The van der Waals surface area contributed by atoms with Gasteiger partial charge in [-0.1, -0.05) is 26.7 Å². The maximum Gasteiger partial charge on any atom is 0.0663 e. The van der Waals surface area contributed by atoms with E-state index in [1.807, 2.05) is 6.92 Å². The maximum atomic E-state index is 4.24. The van der Waals surface area contributed by atoms with E-state index in [1.54, 1.807) is 0 Å². The topological polar surface area (TPSA) is 25.8 Å². The molecule has 1 aromatic heterocycles. The predicted molar refractivity (Wildman–Crippen MR) is 54.8 cm³/mol. The molecule has 0 aromatic carbocycles. The van der Waals surface area contributed by atoms with Crippen LogP contribution in [0, 0.1) is 6.92 Å². The Hall–Kier alpha value is -0.920. The molecule has 72 valence electrons. The third-order valence-electron chi connectivity index (χ3n) is 2.09. The Labute approximate surface area is 80.4 Å². The SMILES string of the molecule is CCCc1cc(C)nnc1CCC. The van der Waals surface area contributed by atoms with E-state index in [1.165, 1.54) is 17.7 Å². The second kappa shape index (κ2) is 4.95. The van der Waals surface area contributed by atoms with E-state index >= 15 is 0 Å². The molecule has 2 nitrogen and oxygen atoms in total. The van der Waals surface area contributed by atoms with Crippen LogP contribution in [0.5, 0.6) is 0 Å². The van der Waals surface area contributed by atoms with Crippen LogP contribution in [0.4, 0.5) is 0 Å². The molecule has 0 aliphatic rings. The summed E-state index contributed by atoms with van der Waals surface area (Å²) in [6.07, 6.45) is 4.52. The molecule has 0 N–H and O–H groups in total. The average molecular weight is 178 g/mol. The summed E-state index contributed by atoms with van der Waals surface area (Å²) in [7, 11) is 0. The van der Waals surface area contributed by atoms with Crippen molar-refractivity contribution in [1.82, 2.24) is 10.2 Å². The van der Waals surface area contributed by atoms with Crippen LogP contribution in [0.2, 0.25) is 0 Å². The fourth-order valence-corrected chi connectivity index (χ4v) is 1.50. The van der Waals surface area contributed by atoms with E-state index in [2.05, 4.69) is 30.1 Å². The van der Waals surface area contributed by atoms with Crippen LogP contribution in [-0.2, 0) is 12.8 Å². The Morgan fingerprint density at radius 1 is 1.08 bits per heavy atom. The van der Waals surface area contributed by atoms with Gasteiger partial charge in [-0.3, -0.25) is 0 Å². The molecule has 2 heteroatoms. The van der Waals surface area contributed by atoms with Gasteiger partial charge >= 0.3 is 0 Å². The quantitative estimate of drug-likeness (QED) is 0.708. The highest BCUT2D eigenvalue weighted by Gasteiger charge is 2.03. The zero-order chi connectivity index (χ0) is 9.68. The zero-order valence-corrected chi connectivity index (χ0v) is 8.80. The average Bonchev–Trinajstić information content (AvgIpc) is 2.10. The van der Waals surface area contributed by atoms with E-state index in [-0.39, 0.29) is 0 Å². The molecule has 1 heterocycles. The highest BCUT2D eigenvalue weighted by atomic mass is 15.1. The number of hydrogen-bond acceptors (Lipinski definition) is 2. The van der Waals surface area contributed by atoms with Crippen LogP contribution < -0.4 is 0 Å². The van der Waals surface area contributed by atoms with E-state index in [9.17, 15) is 0 Å². The maximum absolute atomic E-state index is 4.24. The second-order valence-corrected chi connectivity index (χ2v) is 3.46. The molecule has 13 heavy (non-hydrogen) atoms. The van der Waals surface area contributed by atoms with Crippen molar-refractivity contribution in [1.29, 1.82) is 0 Å². The minimum absolute atomic E-state index is 1.03. The Morgan fingerprint density at radius 3 is 2.38 bits per heavy atom. The van der Waals surface area contributed by atoms with Crippen molar-refractivity contribution in [2.24, 2.45) is 0 Å². The lowest BCUT2D eigenvalue weighted by Crippen LogP contribution is -2.01. The van der Waals surface area contributed by atoms with Crippen molar-refractivity contribution in [2.45, 2.75) is 46.5 Å². The van der Waals surface area contributed by atoms with Crippen LogP contribution in [0.1, 0.15) is 43.6 Å². The minimum atomic E-state index is 1.03. The van der Waals surface area contributed by atoms with Gasteiger partial charge < -0.3 is 0 Å². The molecule has 0 spiro atoms. The van der Waals surface area contributed by atoms with Crippen molar-refractivity contribution < 1.29 is 0 Å². The Kier molecular flexibility index (Phi) is 3.87. The standard InChI is InChI=1S/C11H18N2/c1-4-6-10-8-9(3)12-13-11(10)7-5-2/h8H,4-7H2,1-3H3. The van der Waals surface area contributed by atoms with Crippen molar-refractivity contribution >= 4 is 0 Å². The van der Waals surface area contributed by atoms with E-state index in [0.29, 0.717) is 0 Å². The van der Waals surface area contributed by atoms with Gasteiger partial charge in [-0.15, -0.1) is 0 Å². The van der Waals surface area contributed by atoms with Gasteiger partial charge in [-0.25, -0.2) is 0 Å². The van der Waals surface area contributed by atoms with Gasteiger partial charge in [0.05, 0.1) is 11.4 Å². The molecule has 0 unspecified atom stereocenters. The fraction of sp³-hybridized carbons (Fsp3) is 0.636. The van der Waals surface area contributed by atoms with E-state index in [0.717, 1.165) is 25.0 Å². The lowest BCUT2D eigenvalue weighted by molar-refractivity contribution is 0.783. The molecule has 0 fully saturated rings. The van der Waals surface area contributed by atoms with Gasteiger partial charge in [-0.05, 0) is 31.4 Å². The summed E-state index contributed by atoms with van der Waals surface area (Å²) in [6.45, 7) is 6.38. The molecule has 0 saturated heterocycles. The first-order chi connectivity index (χ1) is 6.27. The zero-order valence-electron chi connectivity index (χ0n) is 8.80. The Morgan fingerprint density at radius 2 is 1.77 bits per heavy atom. The molecular weight excluding hydrogens is 160 g/mol. The predicted octanol–water partition coefficient (Wildman–Crippen LogP) is 2.69. The molecule has 0 bridgehead atoms. The van der Waals surface area contributed by atoms with Crippen LogP contribution in [0.3, 0.4) is 0 Å². The number of hydrogen-bond donors (Lipinski definition) is 0. The summed E-state index contributed by atoms with van der Waals surface area (Å²) < 4.78 is 0. The van der Waals surface area contributed by atoms with Gasteiger partial charge in [0.15, 0.2) is 0 Å². The molecule has 0 saturated carbocycles. The number of aryl methyl sites for hydroxylation is 3. The van der Waals surface area contributed by atoms with Crippen LogP contribution >= 0.6 is 0 Å². The molecule has 0 aliphatic carbocycles. The highest BCUT2D eigenvalue weighted by molar-refractivity contribution is 5.21. The largest absolute Gasteiger partial charge is 0.156 e. The normalized spacial score (nSPS) is 10.4. The molecule has 0 atom stereocenters. The summed E-state index contributed by atoms with van der Waals surface area (Å²) >= 11 is 0. The first kappa shape index (κ1) is 10.2. The van der Waals surface area contributed by atoms with Crippen molar-refractivity contribution in [3.8, 4) is 0 Å². The minimum Gasteiger partial charge on any atom is -0.156 e. The monoisotopic (exact) mass is 178 g/mol. The smallest absolute Gasteiger partial charge is 0.0663 e. The summed E-state index contributed by atoms with van der Waals surface area (Å²) in [5, 5.41) is 8.33. The van der Waals surface area contributed by atoms with E-state index in [4.69, 9.17) is 0 Å². The lowest BCUT2D eigenvalue weighted by atomic mass is 10.1. The van der Waals surface area contributed by atoms with E-state index < -0.39 is 0 Å². The second-order valence-electron chi connectivity index (χ2n) is 3.46. The fourth-order valence-electron chi connectivity index (χ4n) is 1.50. The van der Waals surface area contributed by atoms with Gasteiger partial charge in [0.25, 0.3) is 0 Å². The van der Waals surface area contributed by atoms with Gasteiger partial charge in [0.2, 0.25) is 0 Å². The third kappa shape index (κ3) is 2.79. The van der Waals surface area contributed by atoms with Crippen LogP contribution in [-0.4, -0.2) is 10.2 Å². The van der Waals surface area contributed by atoms with Gasteiger partial charge in [-0.2, -0.15) is 10.2 Å². The lowest BCUT2D eigenvalue weighted by Gasteiger charge is -2.06. The first-order valence-electron chi connectivity index (χ1n) is 5.10. The van der Waals surface area contributed by atoms with Crippen molar-refractivity contribution in [3.63, 3.8) is 0 Å². The molecule has 0 aliphatic heterocycles.